The molecular formula is C14H12FNO5. The van der Waals surface area contributed by atoms with Crippen LogP contribution >= 0.6 is 0 Å². The van der Waals surface area contributed by atoms with Crippen LogP contribution in [0.15, 0.2) is 30.5 Å². The minimum absolute atomic E-state index is 0.208. The van der Waals surface area contributed by atoms with Gasteiger partial charge in [-0.25, -0.2) is 14.2 Å². The SMILES string of the molecule is COc1cc(OC)cc(Oc2nccc(C(=O)O)c2F)c1. The van der Waals surface area contributed by atoms with Crippen molar-refractivity contribution in [3.05, 3.63) is 41.8 Å². The highest BCUT2D eigenvalue weighted by Crippen LogP contribution is 2.31. The van der Waals surface area contributed by atoms with Gasteiger partial charge in [0.2, 0.25) is 0 Å². The summed E-state index contributed by atoms with van der Waals surface area (Å²) in [6.45, 7) is 0. The molecule has 0 unspecified atom stereocenters. The van der Waals surface area contributed by atoms with E-state index in [1.54, 1.807) is 6.07 Å². The Morgan fingerprint density at radius 3 is 2.24 bits per heavy atom. The van der Waals surface area contributed by atoms with E-state index in [-0.39, 0.29) is 5.75 Å². The fraction of sp³-hybridized carbons (Fsp3) is 0.143. The van der Waals surface area contributed by atoms with Gasteiger partial charge in [0, 0.05) is 24.4 Å². The number of hydrogen-bond donors (Lipinski definition) is 1. The topological polar surface area (TPSA) is 77.9 Å². The lowest BCUT2D eigenvalue weighted by Gasteiger charge is -2.10. The summed E-state index contributed by atoms with van der Waals surface area (Å²) in [7, 11) is 2.92. The van der Waals surface area contributed by atoms with E-state index < -0.39 is 23.2 Å². The van der Waals surface area contributed by atoms with Crippen molar-refractivity contribution in [1.29, 1.82) is 0 Å². The lowest BCUT2D eigenvalue weighted by molar-refractivity contribution is 0.0690. The lowest BCUT2D eigenvalue weighted by Crippen LogP contribution is -2.03. The van der Waals surface area contributed by atoms with Gasteiger partial charge in [-0.2, -0.15) is 0 Å². The van der Waals surface area contributed by atoms with Gasteiger partial charge in [-0.15, -0.1) is 0 Å². The van der Waals surface area contributed by atoms with E-state index in [2.05, 4.69) is 4.98 Å². The molecule has 2 aromatic rings. The maximum absolute atomic E-state index is 13.9. The second-order valence-electron chi connectivity index (χ2n) is 3.93. The van der Waals surface area contributed by atoms with E-state index in [4.69, 9.17) is 19.3 Å². The number of carbonyl (C=O) groups is 1. The number of hydrogen-bond acceptors (Lipinski definition) is 5. The van der Waals surface area contributed by atoms with Crippen molar-refractivity contribution in [3.8, 4) is 23.1 Å². The zero-order valence-corrected chi connectivity index (χ0v) is 11.3. The molecule has 0 aliphatic rings. The highest BCUT2D eigenvalue weighted by molar-refractivity contribution is 5.88. The number of halogens is 1. The molecule has 0 aliphatic heterocycles. The lowest BCUT2D eigenvalue weighted by atomic mass is 10.2. The summed E-state index contributed by atoms with van der Waals surface area (Å²) in [6, 6.07) is 5.66. The van der Waals surface area contributed by atoms with Gasteiger partial charge in [-0.05, 0) is 6.07 Å². The van der Waals surface area contributed by atoms with Crippen molar-refractivity contribution in [2.75, 3.05) is 14.2 Å². The third-order valence-corrected chi connectivity index (χ3v) is 2.63. The van der Waals surface area contributed by atoms with E-state index in [1.807, 2.05) is 0 Å². The Morgan fingerprint density at radius 1 is 1.14 bits per heavy atom. The summed E-state index contributed by atoms with van der Waals surface area (Å²) in [5.41, 5.74) is -0.519. The second kappa shape index (κ2) is 6.08. The van der Waals surface area contributed by atoms with Gasteiger partial charge >= 0.3 is 5.97 Å². The first-order chi connectivity index (χ1) is 10.0. The molecule has 0 atom stereocenters. The molecule has 21 heavy (non-hydrogen) atoms. The molecule has 0 amide bonds. The van der Waals surface area contributed by atoms with Crippen LogP contribution in [0.25, 0.3) is 0 Å². The van der Waals surface area contributed by atoms with E-state index >= 15 is 0 Å². The highest BCUT2D eigenvalue weighted by Gasteiger charge is 2.17. The van der Waals surface area contributed by atoms with E-state index in [0.717, 1.165) is 12.3 Å². The largest absolute Gasteiger partial charge is 0.496 e. The number of carboxylic acid groups (broad SMARTS) is 1. The van der Waals surface area contributed by atoms with Crippen molar-refractivity contribution in [2.45, 2.75) is 0 Å². The Bertz CT molecular complexity index is 652. The predicted octanol–water partition coefficient (Wildman–Crippen LogP) is 2.73. The highest BCUT2D eigenvalue weighted by atomic mass is 19.1. The quantitative estimate of drug-likeness (QED) is 0.913. The summed E-state index contributed by atoms with van der Waals surface area (Å²) in [6.07, 6.45) is 1.15. The van der Waals surface area contributed by atoms with Crippen molar-refractivity contribution in [3.63, 3.8) is 0 Å². The number of methoxy groups -OCH3 is 2. The first kappa shape index (κ1) is 14.6. The zero-order valence-electron chi connectivity index (χ0n) is 11.3. The Hall–Kier alpha value is -2.83. The molecule has 1 aromatic carbocycles. The number of ether oxygens (including phenoxy) is 3. The standard InChI is InChI=1S/C14H12FNO5/c1-19-8-5-9(20-2)7-10(6-8)21-13-12(15)11(14(17)18)3-4-16-13/h3-7H,1-2H3,(H,17,18). The number of carboxylic acids is 1. The van der Waals surface area contributed by atoms with E-state index in [9.17, 15) is 9.18 Å². The van der Waals surface area contributed by atoms with Crippen LogP contribution < -0.4 is 14.2 Å². The maximum Gasteiger partial charge on any atom is 0.338 e. The number of benzene rings is 1. The summed E-state index contributed by atoms with van der Waals surface area (Å²) < 4.78 is 29.3. The maximum atomic E-state index is 13.9. The average molecular weight is 293 g/mol. The third-order valence-electron chi connectivity index (χ3n) is 2.63. The molecule has 0 saturated carbocycles. The van der Waals surface area contributed by atoms with Gasteiger partial charge in [0.15, 0.2) is 5.82 Å². The fourth-order valence-corrected chi connectivity index (χ4v) is 1.61. The predicted molar refractivity (Wildman–Crippen MR) is 70.8 cm³/mol. The van der Waals surface area contributed by atoms with Crippen molar-refractivity contribution in [1.82, 2.24) is 4.98 Å². The van der Waals surface area contributed by atoms with Gasteiger partial charge < -0.3 is 19.3 Å². The Kier molecular flexibility index (Phi) is 4.22. The summed E-state index contributed by atoms with van der Waals surface area (Å²) in [5, 5.41) is 8.86. The summed E-state index contributed by atoms with van der Waals surface area (Å²) >= 11 is 0. The Labute approximate surface area is 119 Å². The van der Waals surface area contributed by atoms with Crippen LogP contribution in [0.2, 0.25) is 0 Å². The average Bonchev–Trinajstić information content (AvgIpc) is 2.48. The molecule has 2 rings (SSSR count). The van der Waals surface area contributed by atoms with Gasteiger partial charge in [0.05, 0.1) is 14.2 Å². The minimum Gasteiger partial charge on any atom is -0.496 e. The van der Waals surface area contributed by atoms with Gasteiger partial charge in [-0.1, -0.05) is 0 Å². The minimum atomic E-state index is -1.40. The number of rotatable bonds is 5. The van der Waals surface area contributed by atoms with Crippen LogP contribution in [0.3, 0.4) is 0 Å². The van der Waals surface area contributed by atoms with Gasteiger partial charge in [0.25, 0.3) is 5.88 Å². The molecule has 6 nitrogen and oxygen atoms in total. The molecule has 0 spiro atoms. The molecule has 1 heterocycles. The molecule has 7 heteroatoms. The molecule has 1 N–H and O–H groups in total. The van der Waals surface area contributed by atoms with Gasteiger partial charge in [-0.3, -0.25) is 0 Å². The van der Waals surface area contributed by atoms with Gasteiger partial charge in [0.1, 0.15) is 22.8 Å². The van der Waals surface area contributed by atoms with Crippen LogP contribution in [0.4, 0.5) is 4.39 Å². The van der Waals surface area contributed by atoms with Crippen LogP contribution in [-0.2, 0) is 0 Å². The smallest absolute Gasteiger partial charge is 0.338 e. The van der Waals surface area contributed by atoms with Crippen LogP contribution in [0, 0.1) is 5.82 Å². The van der Waals surface area contributed by atoms with Crippen LogP contribution in [0.5, 0.6) is 23.1 Å². The zero-order chi connectivity index (χ0) is 15.4. The van der Waals surface area contributed by atoms with Crippen LogP contribution in [-0.4, -0.2) is 30.3 Å². The summed E-state index contributed by atoms with van der Waals surface area (Å²) in [4.78, 5) is 14.5. The molecule has 0 radical (unpaired) electrons. The number of aromatic carboxylic acids is 1. The molecular weight excluding hydrogens is 281 g/mol. The summed E-state index contributed by atoms with van der Waals surface area (Å²) in [5.74, 6) is -1.79. The number of pyridine rings is 1. The fourth-order valence-electron chi connectivity index (χ4n) is 1.61. The van der Waals surface area contributed by atoms with E-state index in [0.29, 0.717) is 11.5 Å². The first-order valence-electron chi connectivity index (χ1n) is 5.84. The molecule has 110 valence electrons. The molecule has 0 fully saturated rings. The van der Waals surface area contributed by atoms with Crippen LogP contribution in [0.1, 0.15) is 10.4 Å². The molecule has 0 saturated heterocycles. The number of nitrogens with zero attached hydrogens (tertiary/aromatic N) is 1. The first-order valence-corrected chi connectivity index (χ1v) is 5.84. The second-order valence-corrected chi connectivity index (χ2v) is 3.93. The van der Waals surface area contributed by atoms with Crippen molar-refractivity contribution < 1.29 is 28.5 Å². The molecule has 1 aromatic heterocycles. The third kappa shape index (κ3) is 3.19. The normalized spacial score (nSPS) is 10.0. The molecule has 0 aliphatic carbocycles. The number of aromatic nitrogens is 1. The Balaban J connectivity index is 2.38. The monoisotopic (exact) mass is 293 g/mol. The Morgan fingerprint density at radius 2 is 1.71 bits per heavy atom. The molecule has 0 bridgehead atoms. The van der Waals surface area contributed by atoms with Crippen molar-refractivity contribution in [2.24, 2.45) is 0 Å². The van der Waals surface area contributed by atoms with E-state index in [1.165, 1.54) is 26.4 Å². The van der Waals surface area contributed by atoms with Crippen molar-refractivity contribution >= 4 is 5.97 Å².